The van der Waals surface area contributed by atoms with Gasteiger partial charge < -0.3 is 14.5 Å². The number of hydrogen-bond donors (Lipinski definition) is 2. The van der Waals surface area contributed by atoms with E-state index in [2.05, 4.69) is 9.71 Å². The molecule has 0 atom stereocenters. The van der Waals surface area contributed by atoms with E-state index in [1.54, 1.807) is 18.3 Å². The van der Waals surface area contributed by atoms with Crippen molar-refractivity contribution in [1.29, 1.82) is 0 Å². The Hall–Kier alpha value is -2.58. The monoisotopic (exact) mass is 378 g/mol. The second kappa shape index (κ2) is 7.35. The number of hydrogen-bond acceptors (Lipinski definition) is 4. The highest BCUT2D eigenvalue weighted by Crippen LogP contribution is 2.28. The molecule has 3 aromatic rings. The Labute approximate surface area is 151 Å². The zero-order chi connectivity index (χ0) is 18.7. The van der Waals surface area contributed by atoms with Gasteiger partial charge in [-0.2, -0.15) is 0 Å². The molecular formula is C18H19FN2O4S. The molecule has 2 aromatic carbocycles. The van der Waals surface area contributed by atoms with E-state index in [-0.39, 0.29) is 23.0 Å². The van der Waals surface area contributed by atoms with Crippen LogP contribution >= 0.6 is 0 Å². The molecule has 138 valence electrons. The van der Waals surface area contributed by atoms with Crippen LogP contribution in [0.15, 0.2) is 47.5 Å². The van der Waals surface area contributed by atoms with Crippen LogP contribution in [-0.2, 0) is 16.4 Å². The minimum Gasteiger partial charge on any atom is -0.497 e. The van der Waals surface area contributed by atoms with Crippen LogP contribution in [0.4, 0.5) is 4.39 Å². The van der Waals surface area contributed by atoms with Gasteiger partial charge in [0.25, 0.3) is 0 Å². The Morgan fingerprint density at radius 1 is 1.12 bits per heavy atom. The van der Waals surface area contributed by atoms with Gasteiger partial charge in [0.2, 0.25) is 10.0 Å². The standard InChI is InChI=1S/C18H19FN2O4S/c1-24-14-4-6-18(17(10-14)25-2)26(22,23)21-8-7-12-11-20-16-9-13(19)3-5-15(12)16/h3-6,9-11,20-21H,7-8H2,1-2H3. The summed E-state index contributed by atoms with van der Waals surface area (Å²) in [7, 11) is -0.846. The second-order valence-corrected chi connectivity index (χ2v) is 7.40. The molecule has 8 heteroatoms. The van der Waals surface area contributed by atoms with Crippen LogP contribution in [0.5, 0.6) is 11.5 Å². The lowest BCUT2D eigenvalue weighted by molar-refractivity contribution is 0.386. The fourth-order valence-corrected chi connectivity index (χ4v) is 3.94. The lowest BCUT2D eigenvalue weighted by Crippen LogP contribution is -2.26. The van der Waals surface area contributed by atoms with E-state index in [0.717, 1.165) is 10.9 Å². The van der Waals surface area contributed by atoms with Crippen molar-refractivity contribution in [2.24, 2.45) is 0 Å². The molecule has 0 aliphatic heterocycles. The molecule has 1 aromatic heterocycles. The van der Waals surface area contributed by atoms with Gasteiger partial charge in [0.1, 0.15) is 22.2 Å². The summed E-state index contributed by atoms with van der Waals surface area (Å²) in [5.41, 5.74) is 1.59. The van der Waals surface area contributed by atoms with Gasteiger partial charge >= 0.3 is 0 Å². The molecule has 0 unspecified atom stereocenters. The van der Waals surface area contributed by atoms with E-state index in [0.29, 0.717) is 17.7 Å². The van der Waals surface area contributed by atoms with Crippen molar-refractivity contribution in [3.05, 3.63) is 54.0 Å². The third-order valence-electron chi connectivity index (χ3n) is 4.08. The normalized spacial score (nSPS) is 11.7. The summed E-state index contributed by atoms with van der Waals surface area (Å²) in [4.78, 5) is 3.03. The number of fused-ring (bicyclic) bond motifs is 1. The number of methoxy groups -OCH3 is 2. The molecule has 2 N–H and O–H groups in total. The first-order valence-electron chi connectivity index (χ1n) is 7.92. The molecule has 0 radical (unpaired) electrons. The molecule has 0 bridgehead atoms. The lowest BCUT2D eigenvalue weighted by atomic mass is 10.1. The van der Waals surface area contributed by atoms with Crippen molar-refractivity contribution < 1.29 is 22.3 Å². The Morgan fingerprint density at radius 3 is 2.65 bits per heavy atom. The van der Waals surface area contributed by atoms with Gasteiger partial charge in [-0.3, -0.25) is 0 Å². The largest absolute Gasteiger partial charge is 0.497 e. The summed E-state index contributed by atoms with van der Waals surface area (Å²) < 4.78 is 51.2. The summed E-state index contributed by atoms with van der Waals surface area (Å²) in [6.45, 7) is 0.196. The second-order valence-electron chi connectivity index (χ2n) is 5.67. The van der Waals surface area contributed by atoms with Gasteiger partial charge in [0, 0.05) is 29.7 Å². The first-order valence-corrected chi connectivity index (χ1v) is 9.40. The quantitative estimate of drug-likeness (QED) is 0.663. The average Bonchev–Trinajstić information content (AvgIpc) is 3.03. The number of benzene rings is 2. The molecule has 0 amide bonds. The fourth-order valence-electron chi connectivity index (χ4n) is 2.76. The molecule has 0 aliphatic rings. The maximum atomic E-state index is 13.2. The smallest absolute Gasteiger partial charge is 0.244 e. The zero-order valence-electron chi connectivity index (χ0n) is 14.4. The lowest BCUT2D eigenvalue weighted by Gasteiger charge is -2.12. The zero-order valence-corrected chi connectivity index (χ0v) is 15.2. The predicted octanol–water partition coefficient (Wildman–Crippen LogP) is 2.85. The van der Waals surface area contributed by atoms with Crippen molar-refractivity contribution >= 4 is 20.9 Å². The summed E-state index contributed by atoms with van der Waals surface area (Å²) in [6.07, 6.45) is 2.22. The Balaban J connectivity index is 1.74. The molecule has 0 fully saturated rings. The van der Waals surface area contributed by atoms with Crippen molar-refractivity contribution in [3.8, 4) is 11.5 Å². The van der Waals surface area contributed by atoms with Crippen LogP contribution in [0.2, 0.25) is 0 Å². The molecule has 3 rings (SSSR count). The third-order valence-corrected chi connectivity index (χ3v) is 5.58. The maximum absolute atomic E-state index is 13.2. The van der Waals surface area contributed by atoms with E-state index in [9.17, 15) is 12.8 Å². The van der Waals surface area contributed by atoms with Crippen molar-refractivity contribution in [2.45, 2.75) is 11.3 Å². The van der Waals surface area contributed by atoms with E-state index in [1.165, 1.54) is 38.5 Å². The molecular weight excluding hydrogens is 359 g/mol. The van der Waals surface area contributed by atoms with Gasteiger partial charge in [-0.05, 0) is 42.3 Å². The highest BCUT2D eigenvalue weighted by atomic mass is 32.2. The maximum Gasteiger partial charge on any atom is 0.244 e. The van der Waals surface area contributed by atoms with Gasteiger partial charge in [0.05, 0.1) is 14.2 Å². The SMILES string of the molecule is COc1ccc(S(=O)(=O)NCCc2c[nH]c3cc(F)ccc23)c(OC)c1. The van der Waals surface area contributed by atoms with E-state index >= 15 is 0 Å². The van der Waals surface area contributed by atoms with Crippen LogP contribution in [-0.4, -0.2) is 34.2 Å². The number of nitrogens with one attached hydrogen (secondary N) is 2. The van der Waals surface area contributed by atoms with Crippen molar-refractivity contribution in [1.82, 2.24) is 9.71 Å². The van der Waals surface area contributed by atoms with Crippen LogP contribution in [0.1, 0.15) is 5.56 Å². The molecule has 0 saturated carbocycles. The van der Waals surface area contributed by atoms with Gasteiger partial charge in [0.15, 0.2) is 0 Å². The van der Waals surface area contributed by atoms with Gasteiger partial charge in [-0.15, -0.1) is 0 Å². The third kappa shape index (κ3) is 3.66. The topological polar surface area (TPSA) is 80.4 Å². The molecule has 0 saturated heterocycles. The number of H-pyrrole nitrogens is 1. The van der Waals surface area contributed by atoms with Gasteiger partial charge in [-0.1, -0.05) is 0 Å². The minimum absolute atomic E-state index is 0.0433. The van der Waals surface area contributed by atoms with Crippen LogP contribution in [0, 0.1) is 5.82 Å². The van der Waals surface area contributed by atoms with Crippen LogP contribution < -0.4 is 14.2 Å². The van der Waals surface area contributed by atoms with E-state index in [4.69, 9.17) is 9.47 Å². The minimum atomic E-state index is -3.74. The molecule has 1 heterocycles. The molecule has 0 spiro atoms. The first kappa shape index (κ1) is 18.2. The number of halogens is 1. The Bertz CT molecular complexity index is 1030. The van der Waals surface area contributed by atoms with Crippen LogP contribution in [0.3, 0.4) is 0 Å². The fraction of sp³-hybridized carbons (Fsp3) is 0.222. The number of aromatic amines is 1. The Kier molecular flexibility index (Phi) is 5.15. The number of sulfonamides is 1. The Morgan fingerprint density at radius 2 is 1.92 bits per heavy atom. The summed E-state index contributed by atoms with van der Waals surface area (Å²) in [5.74, 6) is 0.393. The van der Waals surface area contributed by atoms with Crippen molar-refractivity contribution in [2.75, 3.05) is 20.8 Å². The molecule has 0 aliphatic carbocycles. The summed E-state index contributed by atoms with van der Waals surface area (Å²) in [5, 5.41) is 0.868. The number of ether oxygens (including phenoxy) is 2. The highest BCUT2D eigenvalue weighted by molar-refractivity contribution is 7.89. The molecule has 6 nitrogen and oxygen atoms in total. The van der Waals surface area contributed by atoms with E-state index in [1.807, 2.05) is 0 Å². The molecule has 26 heavy (non-hydrogen) atoms. The average molecular weight is 378 g/mol. The number of aromatic nitrogens is 1. The predicted molar refractivity (Wildman–Crippen MR) is 96.7 cm³/mol. The summed E-state index contributed by atoms with van der Waals surface area (Å²) in [6, 6.07) is 8.98. The summed E-state index contributed by atoms with van der Waals surface area (Å²) >= 11 is 0. The van der Waals surface area contributed by atoms with Crippen LogP contribution in [0.25, 0.3) is 10.9 Å². The van der Waals surface area contributed by atoms with E-state index < -0.39 is 10.0 Å². The first-order chi connectivity index (χ1) is 12.4. The number of rotatable bonds is 7. The van der Waals surface area contributed by atoms with Gasteiger partial charge in [-0.25, -0.2) is 17.5 Å². The van der Waals surface area contributed by atoms with Crippen molar-refractivity contribution in [3.63, 3.8) is 0 Å². The highest BCUT2D eigenvalue weighted by Gasteiger charge is 2.20.